The van der Waals surface area contributed by atoms with Gasteiger partial charge in [0.25, 0.3) is 5.09 Å². The smallest absolute Gasteiger partial charge is 0.294 e. The molecule has 160 valence electrons. The predicted molar refractivity (Wildman–Crippen MR) is 103 cm³/mol. The first kappa shape index (κ1) is 22.4. The fourth-order valence-corrected chi connectivity index (χ4v) is 2.77. The number of carbonyl (C=O) groups excluding carboxylic acids is 2. The number of rotatable bonds is 13. The molecule has 0 aliphatic carbocycles. The lowest BCUT2D eigenvalue weighted by Crippen LogP contribution is -2.34. The quantitative estimate of drug-likeness (QED) is 0.202. The number of ether oxygens (including phenoxy) is 1. The van der Waals surface area contributed by atoms with Crippen molar-refractivity contribution in [1.82, 2.24) is 10.6 Å². The number of anilines is 1. The summed E-state index contributed by atoms with van der Waals surface area (Å²) in [5.41, 5.74) is 1.66. The van der Waals surface area contributed by atoms with Crippen LogP contribution in [0, 0.1) is 10.1 Å². The number of fused-ring (bicyclic) bond motifs is 1. The summed E-state index contributed by atoms with van der Waals surface area (Å²) >= 11 is 0. The zero-order valence-corrected chi connectivity index (χ0v) is 16.0. The van der Waals surface area contributed by atoms with Crippen molar-refractivity contribution >= 4 is 17.5 Å². The molecule has 4 N–H and O–H groups in total. The van der Waals surface area contributed by atoms with Crippen LogP contribution in [-0.4, -0.2) is 61.0 Å². The van der Waals surface area contributed by atoms with Gasteiger partial charge >= 0.3 is 0 Å². The lowest BCUT2D eigenvalue weighted by Gasteiger charge is -2.21. The first-order chi connectivity index (χ1) is 14.0. The fourth-order valence-electron chi connectivity index (χ4n) is 2.77. The van der Waals surface area contributed by atoms with Crippen molar-refractivity contribution in [2.75, 3.05) is 38.2 Å². The van der Waals surface area contributed by atoms with Gasteiger partial charge in [0.2, 0.25) is 11.8 Å². The molecule has 1 aliphatic rings. The zero-order chi connectivity index (χ0) is 21.1. The molecule has 0 spiro atoms. The minimum absolute atomic E-state index is 0.0205. The molecule has 1 aromatic carbocycles. The third kappa shape index (κ3) is 8.32. The lowest BCUT2D eigenvalue weighted by molar-refractivity contribution is -0.757. The van der Waals surface area contributed by atoms with Crippen molar-refractivity contribution in [2.24, 2.45) is 0 Å². The number of aliphatic hydroxyl groups is 1. The Morgan fingerprint density at radius 1 is 1.34 bits per heavy atom. The van der Waals surface area contributed by atoms with Gasteiger partial charge in [0.15, 0.2) is 0 Å². The highest BCUT2D eigenvalue weighted by atomic mass is 16.9. The van der Waals surface area contributed by atoms with Crippen LogP contribution in [-0.2, 0) is 20.8 Å². The van der Waals surface area contributed by atoms with E-state index < -0.39 is 11.2 Å². The Balaban J connectivity index is 1.57. The van der Waals surface area contributed by atoms with E-state index in [1.165, 1.54) is 0 Å². The molecule has 1 atom stereocenters. The van der Waals surface area contributed by atoms with Crippen molar-refractivity contribution in [1.29, 1.82) is 0 Å². The molecular weight excluding hydrogens is 384 g/mol. The second kappa shape index (κ2) is 11.8. The number of hydrogen-bond donors (Lipinski definition) is 4. The van der Waals surface area contributed by atoms with Crippen LogP contribution < -0.4 is 20.7 Å². The molecule has 1 aromatic rings. The molecule has 0 radical (unpaired) electrons. The summed E-state index contributed by atoms with van der Waals surface area (Å²) in [6, 6.07) is 5.40. The highest BCUT2D eigenvalue weighted by molar-refractivity contribution is 5.94. The normalized spacial score (nSPS) is 13.8. The molecule has 2 rings (SSSR count). The van der Waals surface area contributed by atoms with E-state index in [0.717, 1.165) is 11.3 Å². The van der Waals surface area contributed by atoms with E-state index in [-0.39, 0.29) is 38.0 Å². The Bertz CT molecular complexity index is 713. The van der Waals surface area contributed by atoms with E-state index in [4.69, 9.17) is 4.74 Å². The van der Waals surface area contributed by atoms with E-state index in [1.807, 2.05) is 6.07 Å². The lowest BCUT2D eigenvalue weighted by atomic mass is 10.0. The van der Waals surface area contributed by atoms with Gasteiger partial charge in [-0.25, -0.2) is 0 Å². The van der Waals surface area contributed by atoms with Crippen molar-refractivity contribution in [3.8, 4) is 5.75 Å². The van der Waals surface area contributed by atoms with Gasteiger partial charge in [0, 0.05) is 43.7 Å². The second-order valence-corrected chi connectivity index (χ2v) is 6.51. The SMILES string of the molecule is O=C(CCNCC(O)COc1cccc2c1CCC(=O)N2)NCCCO[N+](=O)[O-]. The van der Waals surface area contributed by atoms with Crippen LogP contribution >= 0.6 is 0 Å². The Labute approximate surface area is 167 Å². The molecule has 11 heteroatoms. The Morgan fingerprint density at radius 2 is 2.17 bits per heavy atom. The monoisotopic (exact) mass is 410 g/mol. The van der Waals surface area contributed by atoms with Crippen molar-refractivity contribution in [3.05, 3.63) is 33.9 Å². The summed E-state index contributed by atoms with van der Waals surface area (Å²) in [5.74, 6) is 0.428. The number of amides is 2. The fraction of sp³-hybridized carbons (Fsp3) is 0.556. The van der Waals surface area contributed by atoms with Gasteiger partial charge in [0.05, 0.1) is 6.61 Å². The van der Waals surface area contributed by atoms with Gasteiger partial charge < -0.3 is 30.6 Å². The number of benzene rings is 1. The van der Waals surface area contributed by atoms with Crippen LogP contribution in [0.2, 0.25) is 0 Å². The van der Waals surface area contributed by atoms with Gasteiger partial charge in [-0.1, -0.05) is 6.07 Å². The van der Waals surface area contributed by atoms with Crippen LogP contribution in [0.4, 0.5) is 5.69 Å². The third-order valence-electron chi connectivity index (χ3n) is 4.19. The summed E-state index contributed by atoms with van der Waals surface area (Å²) in [6.07, 6.45) is 0.811. The highest BCUT2D eigenvalue weighted by Gasteiger charge is 2.18. The Kier molecular flexibility index (Phi) is 9.12. The van der Waals surface area contributed by atoms with Crippen molar-refractivity contribution in [2.45, 2.75) is 31.8 Å². The molecule has 1 aliphatic heterocycles. The minimum atomic E-state index is -0.870. The standard InChI is InChI=1S/C18H26N4O7/c23-13(11-19-9-7-17(24)20-8-2-10-29-22(26)27)12-28-16-4-1-3-15-14(16)5-6-18(25)21-15/h1,3-4,13,19,23H,2,5-12H2,(H,20,24)(H,21,25). The van der Waals surface area contributed by atoms with E-state index in [9.17, 15) is 24.8 Å². The first-order valence-electron chi connectivity index (χ1n) is 9.43. The van der Waals surface area contributed by atoms with Gasteiger partial charge in [-0.05, 0) is 25.0 Å². The number of carbonyl (C=O) groups is 2. The number of aliphatic hydroxyl groups excluding tert-OH is 1. The second-order valence-electron chi connectivity index (χ2n) is 6.51. The summed E-state index contributed by atoms with van der Waals surface area (Å²) in [4.78, 5) is 37.2. The molecule has 0 bridgehead atoms. The maximum atomic E-state index is 11.6. The van der Waals surface area contributed by atoms with Crippen LogP contribution in [0.15, 0.2) is 18.2 Å². The average Bonchev–Trinajstić information content (AvgIpc) is 2.68. The van der Waals surface area contributed by atoms with Gasteiger partial charge in [-0.3, -0.25) is 9.59 Å². The maximum absolute atomic E-state index is 11.6. The summed E-state index contributed by atoms with van der Waals surface area (Å²) in [5, 5.41) is 27.5. The number of nitrogens with zero attached hydrogens (tertiary/aromatic N) is 1. The first-order valence-corrected chi connectivity index (χ1v) is 9.43. The van der Waals surface area contributed by atoms with E-state index >= 15 is 0 Å². The molecule has 0 saturated heterocycles. The van der Waals surface area contributed by atoms with Crippen molar-refractivity contribution < 1.29 is 29.4 Å². The van der Waals surface area contributed by atoms with Gasteiger partial charge in [0.1, 0.15) is 18.5 Å². The van der Waals surface area contributed by atoms with Crippen LogP contribution in [0.3, 0.4) is 0 Å². The van der Waals surface area contributed by atoms with E-state index in [1.54, 1.807) is 12.1 Å². The van der Waals surface area contributed by atoms with Crippen LogP contribution in [0.25, 0.3) is 0 Å². The molecule has 0 aromatic heterocycles. The molecule has 29 heavy (non-hydrogen) atoms. The molecule has 0 saturated carbocycles. The number of nitrogens with one attached hydrogen (secondary N) is 3. The van der Waals surface area contributed by atoms with E-state index in [0.29, 0.717) is 38.1 Å². The summed E-state index contributed by atoms with van der Waals surface area (Å²) in [7, 11) is 0. The maximum Gasteiger partial charge on any atom is 0.294 e. The predicted octanol–water partition coefficient (Wildman–Crippen LogP) is 0.00530. The Hall–Kier alpha value is -2.92. The summed E-state index contributed by atoms with van der Waals surface area (Å²) in [6.45, 7) is 0.955. The molecule has 1 unspecified atom stereocenters. The minimum Gasteiger partial charge on any atom is -0.490 e. The molecule has 2 amide bonds. The highest BCUT2D eigenvalue weighted by Crippen LogP contribution is 2.31. The van der Waals surface area contributed by atoms with Crippen LogP contribution in [0.1, 0.15) is 24.8 Å². The topological polar surface area (TPSA) is 152 Å². The molecule has 0 fully saturated rings. The average molecular weight is 410 g/mol. The molecular formula is C18H26N4O7. The van der Waals surface area contributed by atoms with Gasteiger partial charge in [-0.15, -0.1) is 10.1 Å². The number of hydrogen-bond acceptors (Lipinski definition) is 8. The van der Waals surface area contributed by atoms with Gasteiger partial charge in [-0.2, -0.15) is 0 Å². The van der Waals surface area contributed by atoms with E-state index in [2.05, 4.69) is 20.8 Å². The zero-order valence-electron chi connectivity index (χ0n) is 16.0. The third-order valence-corrected chi connectivity index (χ3v) is 4.19. The Morgan fingerprint density at radius 3 is 2.97 bits per heavy atom. The van der Waals surface area contributed by atoms with Crippen LogP contribution in [0.5, 0.6) is 5.75 Å². The largest absolute Gasteiger partial charge is 0.490 e. The molecule has 1 heterocycles. The summed E-state index contributed by atoms with van der Waals surface area (Å²) < 4.78 is 5.69. The van der Waals surface area contributed by atoms with Crippen molar-refractivity contribution in [3.63, 3.8) is 0 Å². The molecule has 11 nitrogen and oxygen atoms in total.